The summed E-state index contributed by atoms with van der Waals surface area (Å²) >= 11 is 0. The van der Waals surface area contributed by atoms with Gasteiger partial charge in [-0.15, -0.1) is 0 Å². The van der Waals surface area contributed by atoms with Crippen molar-refractivity contribution in [2.45, 2.75) is 45.3 Å². The third-order valence-electron chi connectivity index (χ3n) is 2.82. The van der Waals surface area contributed by atoms with E-state index in [-0.39, 0.29) is 0 Å². The molecule has 23 heavy (non-hydrogen) atoms. The van der Waals surface area contributed by atoms with E-state index >= 15 is 0 Å². The lowest BCUT2D eigenvalue weighted by Gasteiger charge is -2.22. The van der Waals surface area contributed by atoms with E-state index in [1.54, 1.807) is 32.9 Å². The van der Waals surface area contributed by atoms with E-state index in [1.165, 1.54) is 13.3 Å². The molecule has 0 aliphatic heterocycles. The quantitative estimate of drug-likeness (QED) is 0.832. The van der Waals surface area contributed by atoms with Gasteiger partial charge in [-0.05, 0) is 45.7 Å². The molecule has 1 aromatic heterocycles. The fourth-order valence-corrected chi connectivity index (χ4v) is 1.77. The lowest BCUT2D eigenvalue weighted by atomic mass is 10.1. The highest BCUT2D eigenvalue weighted by Crippen LogP contribution is 2.09. The smallest absolute Gasteiger partial charge is 0.408 e. The Morgan fingerprint density at radius 1 is 1.39 bits per heavy atom. The Kier molecular flexibility index (Phi) is 6.51. The van der Waals surface area contributed by atoms with E-state index in [0.717, 1.165) is 0 Å². The largest absolute Gasteiger partial charge is 0.467 e. The van der Waals surface area contributed by atoms with Crippen LogP contribution in [0.15, 0.2) is 18.3 Å². The molecule has 0 fully saturated rings. The van der Waals surface area contributed by atoms with Gasteiger partial charge < -0.3 is 14.8 Å². The first-order chi connectivity index (χ1) is 10.7. The van der Waals surface area contributed by atoms with E-state index in [0.29, 0.717) is 24.1 Å². The number of alkyl carbamates (subject to hydrolysis) is 1. The second kappa shape index (κ2) is 8.13. The molecule has 0 saturated carbocycles. The number of esters is 1. The van der Waals surface area contributed by atoms with Crippen LogP contribution < -0.4 is 5.32 Å². The molecule has 1 amide bonds. The van der Waals surface area contributed by atoms with Crippen LogP contribution >= 0.6 is 0 Å². The van der Waals surface area contributed by atoms with Crippen molar-refractivity contribution in [2.24, 2.45) is 0 Å². The zero-order valence-electron chi connectivity index (χ0n) is 13.8. The number of carbonyl (C=O) groups excluding carboxylic acids is 2. The van der Waals surface area contributed by atoms with Gasteiger partial charge in [0.25, 0.3) is 0 Å². The highest BCUT2D eigenvalue weighted by molar-refractivity contribution is 5.81. The Bertz CT molecular complexity index is 585. The molecule has 0 bridgehead atoms. The van der Waals surface area contributed by atoms with Gasteiger partial charge in [0.15, 0.2) is 0 Å². The number of carbonyl (C=O) groups is 2. The highest BCUT2D eigenvalue weighted by atomic mass is 16.6. The minimum absolute atomic E-state index is 0.310. The normalized spacial score (nSPS) is 12.0. The highest BCUT2D eigenvalue weighted by Gasteiger charge is 2.24. The van der Waals surface area contributed by atoms with Crippen LogP contribution in [0.5, 0.6) is 0 Å². The standard InChI is InChI=1S/C16H21N3O4/c1-16(2,3)23-15(21)19-13(14(20)22-4)8-7-12-6-5-11(9-17)10-18-12/h5-6,10,13H,7-8H2,1-4H3,(H,19,21)/t13-/m0/s1. The molecule has 1 aromatic rings. The van der Waals surface area contributed by atoms with Crippen LogP contribution in [0.3, 0.4) is 0 Å². The van der Waals surface area contributed by atoms with E-state index < -0.39 is 23.7 Å². The van der Waals surface area contributed by atoms with Crippen LogP contribution in [0, 0.1) is 11.3 Å². The summed E-state index contributed by atoms with van der Waals surface area (Å²) in [5.41, 5.74) is 0.522. The molecule has 7 heteroatoms. The summed E-state index contributed by atoms with van der Waals surface area (Å²) in [7, 11) is 1.26. The van der Waals surface area contributed by atoms with Gasteiger partial charge in [0.2, 0.25) is 0 Å². The van der Waals surface area contributed by atoms with Crippen LogP contribution in [-0.4, -0.2) is 35.8 Å². The van der Waals surface area contributed by atoms with E-state index in [4.69, 9.17) is 14.7 Å². The monoisotopic (exact) mass is 319 g/mol. The molecule has 124 valence electrons. The number of rotatable bonds is 5. The number of aromatic nitrogens is 1. The van der Waals surface area contributed by atoms with E-state index in [1.807, 2.05) is 6.07 Å². The summed E-state index contributed by atoms with van der Waals surface area (Å²) in [6.45, 7) is 5.21. The Morgan fingerprint density at radius 3 is 2.57 bits per heavy atom. The number of nitrogens with one attached hydrogen (secondary N) is 1. The minimum atomic E-state index is -0.827. The first-order valence-electron chi connectivity index (χ1n) is 7.17. The van der Waals surface area contributed by atoms with Gasteiger partial charge in [-0.1, -0.05) is 0 Å². The Hall–Kier alpha value is -2.62. The van der Waals surface area contributed by atoms with Crippen LogP contribution in [-0.2, 0) is 20.7 Å². The molecule has 0 unspecified atom stereocenters. The third kappa shape index (κ3) is 6.78. The zero-order valence-corrected chi connectivity index (χ0v) is 13.8. The molecule has 1 N–H and O–H groups in total. The van der Waals surface area contributed by atoms with Crippen molar-refractivity contribution in [3.8, 4) is 6.07 Å². The number of nitriles is 1. The fraction of sp³-hybridized carbons (Fsp3) is 0.500. The molecule has 0 saturated heterocycles. The molecule has 0 aromatic carbocycles. The van der Waals surface area contributed by atoms with Crippen molar-refractivity contribution >= 4 is 12.1 Å². The van der Waals surface area contributed by atoms with Gasteiger partial charge in [0.05, 0.1) is 12.7 Å². The molecule has 0 radical (unpaired) electrons. The summed E-state index contributed by atoms with van der Waals surface area (Å²) in [5, 5.41) is 11.2. The summed E-state index contributed by atoms with van der Waals surface area (Å²) in [6.07, 6.45) is 1.54. The fourth-order valence-electron chi connectivity index (χ4n) is 1.77. The number of ether oxygens (including phenoxy) is 2. The molecule has 7 nitrogen and oxygen atoms in total. The molecule has 1 rings (SSSR count). The second-order valence-corrected chi connectivity index (χ2v) is 5.91. The molecular weight excluding hydrogens is 298 g/mol. The maximum absolute atomic E-state index is 11.8. The second-order valence-electron chi connectivity index (χ2n) is 5.91. The number of methoxy groups -OCH3 is 1. The predicted molar refractivity (Wildman–Crippen MR) is 82.4 cm³/mol. The van der Waals surface area contributed by atoms with Gasteiger partial charge in [-0.2, -0.15) is 5.26 Å². The van der Waals surface area contributed by atoms with Gasteiger partial charge >= 0.3 is 12.1 Å². The molecule has 1 heterocycles. The lowest BCUT2D eigenvalue weighted by molar-refractivity contribution is -0.143. The van der Waals surface area contributed by atoms with Crippen molar-refractivity contribution in [2.75, 3.05) is 7.11 Å². The topological polar surface area (TPSA) is 101 Å². The number of hydrogen-bond donors (Lipinski definition) is 1. The van der Waals surface area contributed by atoms with Crippen molar-refractivity contribution in [1.29, 1.82) is 5.26 Å². The van der Waals surface area contributed by atoms with Gasteiger partial charge in [-0.25, -0.2) is 9.59 Å². The molecule has 0 aliphatic rings. The minimum Gasteiger partial charge on any atom is -0.467 e. The van der Waals surface area contributed by atoms with Crippen molar-refractivity contribution in [1.82, 2.24) is 10.3 Å². The maximum Gasteiger partial charge on any atom is 0.408 e. The molecular formula is C16H21N3O4. The van der Waals surface area contributed by atoms with Crippen LogP contribution in [0.2, 0.25) is 0 Å². The molecule has 0 spiro atoms. The average Bonchev–Trinajstić information content (AvgIpc) is 2.49. The number of pyridine rings is 1. The van der Waals surface area contributed by atoms with Crippen molar-refractivity contribution in [3.05, 3.63) is 29.6 Å². The Labute approximate surface area is 135 Å². The van der Waals surface area contributed by atoms with Crippen molar-refractivity contribution in [3.63, 3.8) is 0 Å². The van der Waals surface area contributed by atoms with Crippen molar-refractivity contribution < 1.29 is 19.1 Å². The third-order valence-corrected chi connectivity index (χ3v) is 2.82. The van der Waals surface area contributed by atoms with Gasteiger partial charge in [0.1, 0.15) is 17.7 Å². The number of amides is 1. The summed E-state index contributed by atoms with van der Waals surface area (Å²) in [4.78, 5) is 27.7. The first-order valence-corrected chi connectivity index (χ1v) is 7.17. The maximum atomic E-state index is 11.8. The zero-order chi connectivity index (χ0) is 17.5. The summed E-state index contributed by atoms with van der Waals surface area (Å²) in [5.74, 6) is -0.551. The van der Waals surface area contributed by atoms with Crippen LogP contribution in [0.1, 0.15) is 38.4 Å². The number of hydrogen-bond acceptors (Lipinski definition) is 6. The SMILES string of the molecule is COC(=O)[C@H](CCc1ccc(C#N)cn1)NC(=O)OC(C)(C)C. The van der Waals surface area contributed by atoms with Crippen LogP contribution in [0.25, 0.3) is 0 Å². The Balaban J connectivity index is 2.66. The number of aryl methyl sites for hydroxylation is 1. The lowest BCUT2D eigenvalue weighted by Crippen LogP contribution is -2.44. The Morgan fingerprint density at radius 2 is 2.09 bits per heavy atom. The van der Waals surface area contributed by atoms with Crippen LogP contribution in [0.4, 0.5) is 4.79 Å². The predicted octanol–water partition coefficient (Wildman–Crippen LogP) is 1.95. The number of nitrogens with zero attached hydrogens (tertiary/aromatic N) is 2. The first kappa shape index (κ1) is 18.4. The molecule has 0 aliphatic carbocycles. The summed E-state index contributed by atoms with van der Waals surface area (Å²) in [6, 6.07) is 4.52. The van der Waals surface area contributed by atoms with Gasteiger partial charge in [0, 0.05) is 11.9 Å². The average molecular weight is 319 g/mol. The van der Waals surface area contributed by atoms with E-state index in [2.05, 4.69) is 10.3 Å². The van der Waals surface area contributed by atoms with E-state index in [9.17, 15) is 9.59 Å². The summed E-state index contributed by atoms with van der Waals surface area (Å²) < 4.78 is 9.83. The van der Waals surface area contributed by atoms with Gasteiger partial charge in [-0.3, -0.25) is 4.98 Å². The molecule has 1 atom stereocenters.